The second-order valence-corrected chi connectivity index (χ2v) is 4.33. The molecule has 2 aromatic rings. The fourth-order valence-electron chi connectivity index (χ4n) is 0.932. The summed E-state index contributed by atoms with van der Waals surface area (Å²) in [5.41, 5.74) is 0.588. The number of hydrogen-bond donors (Lipinski definition) is 0. The summed E-state index contributed by atoms with van der Waals surface area (Å²) in [7, 11) is 0. The smallest absolute Gasteiger partial charge is 0.181 e. The van der Waals surface area contributed by atoms with Gasteiger partial charge in [0.15, 0.2) is 5.82 Å². The van der Waals surface area contributed by atoms with Gasteiger partial charge in [0.05, 0.1) is 3.57 Å². The molecule has 76 valence electrons. The molecule has 0 aliphatic rings. The fourth-order valence-corrected chi connectivity index (χ4v) is 1.56. The van der Waals surface area contributed by atoms with Crippen molar-refractivity contribution in [3.8, 4) is 11.5 Å². The molecule has 2 rings (SSSR count). The van der Waals surface area contributed by atoms with Crippen LogP contribution >= 0.6 is 45.8 Å². The molecule has 0 aromatic carbocycles. The van der Waals surface area contributed by atoms with E-state index in [1.807, 2.05) is 22.6 Å². The van der Waals surface area contributed by atoms with Gasteiger partial charge in [0, 0.05) is 6.20 Å². The number of hydrogen-bond acceptors (Lipinski definition) is 4. The summed E-state index contributed by atoms with van der Waals surface area (Å²) >= 11 is 13.7. The summed E-state index contributed by atoms with van der Waals surface area (Å²) in [6.45, 7) is 0. The molecular formula is C8H3Cl2IN4. The van der Waals surface area contributed by atoms with Gasteiger partial charge in [-0.2, -0.15) is 0 Å². The lowest BCUT2D eigenvalue weighted by atomic mass is 10.4. The van der Waals surface area contributed by atoms with Crippen LogP contribution in [-0.4, -0.2) is 19.9 Å². The third-order valence-corrected chi connectivity index (χ3v) is 3.79. The van der Waals surface area contributed by atoms with Gasteiger partial charge in [-0.25, -0.2) is 19.9 Å². The lowest BCUT2D eigenvalue weighted by Gasteiger charge is -2.02. The van der Waals surface area contributed by atoms with Crippen molar-refractivity contribution in [2.75, 3.05) is 0 Å². The van der Waals surface area contributed by atoms with Crippen LogP contribution in [0.4, 0.5) is 0 Å². The first kappa shape index (κ1) is 11.0. The Morgan fingerprint density at radius 3 is 2.33 bits per heavy atom. The Hall–Kier alpha value is -0.530. The van der Waals surface area contributed by atoms with Crippen molar-refractivity contribution in [3.05, 3.63) is 32.5 Å². The summed E-state index contributed by atoms with van der Waals surface area (Å²) in [6.07, 6.45) is 3.02. The zero-order valence-corrected chi connectivity index (χ0v) is 10.8. The van der Waals surface area contributed by atoms with Gasteiger partial charge in [-0.3, -0.25) is 0 Å². The molecule has 4 nitrogen and oxygen atoms in total. The summed E-state index contributed by atoms with van der Waals surface area (Å²) in [4.78, 5) is 16.0. The average Bonchev–Trinajstić information content (AvgIpc) is 2.26. The predicted octanol–water partition coefficient (Wildman–Crippen LogP) is 2.84. The van der Waals surface area contributed by atoms with E-state index in [1.165, 1.54) is 6.33 Å². The molecule has 0 bridgehead atoms. The number of nitrogens with zero attached hydrogens (tertiary/aromatic N) is 4. The molecule has 0 unspecified atom stereocenters. The fraction of sp³-hybridized carbons (Fsp3) is 0. The van der Waals surface area contributed by atoms with Gasteiger partial charge in [-0.15, -0.1) is 0 Å². The van der Waals surface area contributed by atoms with Gasteiger partial charge in [-0.1, -0.05) is 23.2 Å². The summed E-state index contributed by atoms with van der Waals surface area (Å²) in [6, 6.07) is 1.69. The lowest BCUT2D eigenvalue weighted by Crippen LogP contribution is -1.95. The highest BCUT2D eigenvalue weighted by atomic mass is 127. The first-order valence-corrected chi connectivity index (χ1v) is 5.67. The van der Waals surface area contributed by atoms with Gasteiger partial charge < -0.3 is 0 Å². The minimum absolute atomic E-state index is 0.323. The van der Waals surface area contributed by atoms with Gasteiger partial charge in [-0.05, 0) is 28.7 Å². The molecule has 0 spiro atoms. The largest absolute Gasteiger partial charge is 0.245 e. The van der Waals surface area contributed by atoms with E-state index in [2.05, 4.69) is 19.9 Å². The summed E-state index contributed by atoms with van der Waals surface area (Å²) in [5.74, 6) is 0.396. The van der Waals surface area contributed by atoms with Gasteiger partial charge in [0.25, 0.3) is 0 Å². The number of aromatic nitrogens is 4. The van der Waals surface area contributed by atoms with Crippen LogP contribution in [0.5, 0.6) is 0 Å². The highest BCUT2D eigenvalue weighted by Crippen LogP contribution is 2.25. The number of rotatable bonds is 1. The molecule has 0 amide bonds. The molecule has 0 saturated heterocycles. The van der Waals surface area contributed by atoms with E-state index in [4.69, 9.17) is 23.2 Å². The molecular weight excluding hydrogens is 350 g/mol. The molecule has 0 atom stereocenters. The molecule has 0 radical (unpaired) electrons. The zero-order chi connectivity index (χ0) is 10.8. The van der Waals surface area contributed by atoms with E-state index >= 15 is 0 Å². The molecule has 0 fully saturated rings. The number of halogens is 3. The zero-order valence-electron chi connectivity index (χ0n) is 7.15. The Morgan fingerprint density at radius 2 is 1.80 bits per heavy atom. The van der Waals surface area contributed by atoms with E-state index in [-0.39, 0.29) is 0 Å². The van der Waals surface area contributed by atoms with Crippen LogP contribution in [0, 0.1) is 3.57 Å². The molecule has 0 aliphatic carbocycles. The van der Waals surface area contributed by atoms with Crippen molar-refractivity contribution in [3.63, 3.8) is 0 Å². The Labute approximate surface area is 109 Å². The van der Waals surface area contributed by atoms with Crippen molar-refractivity contribution in [2.24, 2.45) is 0 Å². The van der Waals surface area contributed by atoms with Crippen LogP contribution in [0.3, 0.4) is 0 Å². The first-order chi connectivity index (χ1) is 7.18. The maximum absolute atomic E-state index is 5.88. The molecule has 0 aliphatic heterocycles. The van der Waals surface area contributed by atoms with E-state index in [9.17, 15) is 0 Å². The van der Waals surface area contributed by atoms with Gasteiger partial charge in [0.1, 0.15) is 22.3 Å². The van der Waals surface area contributed by atoms with Crippen molar-refractivity contribution >= 4 is 45.8 Å². The van der Waals surface area contributed by atoms with Gasteiger partial charge in [0.2, 0.25) is 0 Å². The third-order valence-electron chi connectivity index (χ3n) is 1.58. The third kappa shape index (κ3) is 2.35. The minimum atomic E-state index is 0.323. The Kier molecular flexibility index (Phi) is 3.32. The van der Waals surface area contributed by atoms with Crippen LogP contribution in [0.25, 0.3) is 11.5 Å². The van der Waals surface area contributed by atoms with E-state index < -0.39 is 0 Å². The molecule has 15 heavy (non-hydrogen) atoms. The van der Waals surface area contributed by atoms with E-state index in [1.54, 1.807) is 12.3 Å². The highest BCUT2D eigenvalue weighted by molar-refractivity contribution is 14.1. The molecule has 0 saturated carbocycles. The minimum Gasteiger partial charge on any atom is -0.245 e. The molecule has 0 N–H and O–H groups in total. The standard InChI is InChI=1S/C8H3Cl2IN4/c9-6-5(11)7(10)15-8(14-6)4-1-2-12-3-13-4/h1-3H. The van der Waals surface area contributed by atoms with E-state index in [0.29, 0.717) is 25.4 Å². The van der Waals surface area contributed by atoms with Crippen molar-refractivity contribution < 1.29 is 0 Å². The maximum Gasteiger partial charge on any atom is 0.181 e. The Morgan fingerprint density at radius 1 is 1.13 bits per heavy atom. The van der Waals surface area contributed by atoms with Crippen LogP contribution in [0.2, 0.25) is 10.3 Å². The van der Waals surface area contributed by atoms with Crippen molar-refractivity contribution in [1.29, 1.82) is 0 Å². The second-order valence-electron chi connectivity index (χ2n) is 2.54. The average molecular weight is 353 g/mol. The highest BCUT2D eigenvalue weighted by Gasteiger charge is 2.10. The normalized spacial score (nSPS) is 10.3. The van der Waals surface area contributed by atoms with Crippen LogP contribution < -0.4 is 0 Å². The maximum atomic E-state index is 5.88. The lowest BCUT2D eigenvalue weighted by molar-refractivity contribution is 1.10. The van der Waals surface area contributed by atoms with Crippen molar-refractivity contribution in [1.82, 2.24) is 19.9 Å². The van der Waals surface area contributed by atoms with Crippen LogP contribution in [0.1, 0.15) is 0 Å². The molecule has 2 heterocycles. The Bertz CT molecular complexity index is 468. The molecule has 2 aromatic heterocycles. The quantitative estimate of drug-likeness (QED) is 0.585. The Balaban J connectivity index is 2.56. The monoisotopic (exact) mass is 352 g/mol. The second kappa shape index (κ2) is 4.54. The van der Waals surface area contributed by atoms with E-state index in [0.717, 1.165) is 0 Å². The van der Waals surface area contributed by atoms with Crippen LogP contribution in [-0.2, 0) is 0 Å². The SMILES string of the molecule is Clc1nc(-c2ccncn2)nc(Cl)c1I. The first-order valence-electron chi connectivity index (χ1n) is 3.83. The van der Waals surface area contributed by atoms with Crippen LogP contribution in [0.15, 0.2) is 18.6 Å². The summed E-state index contributed by atoms with van der Waals surface area (Å²) < 4.78 is 0.633. The molecule has 7 heteroatoms. The van der Waals surface area contributed by atoms with Crippen molar-refractivity contribution in [2.45, 2.75) is 0 Å². The van der Waals surface area contributed by atoms with Gasteiger partial charge >= 0.3 is 0 Å². The summed E-state index contributed by atoms with van der Waals surface area (Å²) in [5, 5.41) is 0.647. The topological polar surface area (TPSA) is 51.6 Å². The predicted molar refractivity (Wildman–Crippen MR) is 65.8 cm³/mol.